The summed E-state index contributed by atoms with van der Waals surface area (Å²) >= 11 is 0. The molecule has 3 aromatic rings. The van der Waals surface area contributed by atoms with Gasteiger partial charge in [-0.2, -0.15) is 0 Å². The minimum absolute atomic E-state index is 0.0171. The average molecular weight is 586 g/mol. The highest BCUT2D eigenvalue weighted by Crippen LogP contribution is 2.42. The molecule has 0 aromatic heterocycles. The minimum Gasteiger partial charge on any atom is -0.480 e. The topological polar surface area (TPSA) is 104 Å². The van der Waals surface area contributed by atoms with Gasteiger partial charge in [-0.05, 0) is 74.8 Å². The van der Waals surface area contributed by atoms with Crippen LogP contribution in [0, 0.1) is 5.92 Å². The van der Waals surface area contributed by atoms with Crippen LogP contribution in [0.2, 0.25) is 0 Å². The molecule has 2 N–H and O–H groups in total. The number of Topliss-reactive ketones (excluding diaryl/α,β-unsaturated/α-hetero) is 1. The number of rotatable bonds is 14. The summed E-state index contributed by atoms with van der Waals surface area (Å²) in [4.78, 5) is 40.3. The molecule has 1 unspecified atom stereocenters. The van der Waals surface area contributed by atoms with Crippen LogP contribution in [0.25, 0.3) is 0 Å². The maximum absolute atomic E-state index is 13.0. The minimum atomic E-state index is -1.79. The predicted molar refractivity (Wildman–Crippen MR) is 166 cm³/mol. The summed E-state index contributed by atoms with van der Waals surface area (Å²) in [5, 5.41) is 22.1. The highest BCUT2D eigenvalue weighted by molar-refractivity contribution is 6.06. The van der Waals surface area contributed by atoms with Gasteiger partial charge in [0.2, 0.25) is 0 Å². The molecule has 1 fully saturated rings. The quantitative estimate of drug-likeness (QED) is 0.136. The third-order valence-electron chi connectivity index (χ3n) is 8.80. The molecule has 0 amide bonds. The molecule has 7 heteroatoms. The molecule has 0 bridgehead atoms. The second kappa shape index (κ2) is 14.6. The molecule has 228 valence electrons. The van der Waals surface area contributed by atoms with E-state index in [4.69, 9.17) is 4.74 Å². The van der Waals surface area contributed by atoms with Crippen LogP contribution in [0.1, 0.15) is 79.4 Å². The molecule has 1 atom stereocenters. The molecule has 43 heavy (non-hydrogen) atoms. The van der Waals surface area contributed by atoms with Gasteiger partial charge >= 0.3 is 11.9 Å². The van der Waals surface area contributed by atoms with Crippen molar-refractivity contribution in [2.75, 3.05) is 26.2 Å². The maximum Gasteiger partial charge on any atom is 0.328 e. The van der Waals surface area contributed by atoms with Crippen LogP contribution in [0.5, 0.6) is 0 Å². The van der Waals surface area contributed by atoms with Gasteiger partial charge < -0.3 is 19.8 Å². The first-order valence-electron chi connectivity index (χ1n) is 15.4. The number of ether oxygens (including phenoxy) is 1. The largest absolute Gasteiger partial charge is 0.480 e. The summed E-state index contributed by atoms with van der Waals surface area (Å²) in [5.41, 5.74) is -0.198. The first-order valence-corrected chi connectivity index (χ1v) is 15.4. The van der Waals surface area contributed by atoms with E-state index in [1.54, 1.807) is 31.2 Å². The van der Waals surface area contributed by atoms with Gasteiger partial charge in [0.1, 0.15) is 5.60 Å². The summed E-state index contributed by atoms with van der Waals surface area (Å²) in [6, 6.07) is 26.2. The Bertz CT molecular complexity index is 1310. The molecular formula is C36H43NO6. The van der Waals surface area contributed by atoms with Crippen LogP contribution in [0.15, 0.2) is 84.9 Å². The standard InChI is InChI=1S/C36H43NO6/c1-3-23-35(33(39)40,34(41)43-4-2)28-19-17-27(18-20-28)32(38)16-11-24-37-25-21-31(22-26-37)36(42,29-12-7-5-8-13-29)30-14-9-6-10-15-30/h5-10,12-15,17-20,31,42H,3-4,11,16,21-26H2,1-2H3,(H,39,40). The number of likely N-dealkylation sites (tertiary alicyclic amines) is 1. The van der Waals surface area contributed by atoms with Crippen LogP contribution in [0.4, 0.5) is 0 Å². The average Bonchev–Trinajstić information content (AvgIpc) is 3.04. The van der Waals surface area contributed by atoms with E-state index in [9.17, 15) is 24.6 Å². The van der Waals surface area contributed by atoms with Gasteiger partial charge in [0, 0.05) is 12.0 Å². The molecule has 0 saturated carbocycles. The highest BCUT2D eigenvalue weighted by Gasteiger charge is 2.48. The van der Waals surface area contributed by atoms with E-state index in [-0.39, 0.29) is 24.7 Å². The van der Waals surface area contributed by atoms with E-state index in [0.717, 1.165) is 43.6 Å². The van der Waals surface area contributed by atoms with Crippen molar-refractivity contribution in [3.63, 3.8) is 0 Å². The maximum atomic E-state index is 13.0. The first kappa shape index (κ1) is 32.1. The number of carbonyl (C=O) groups excluding carboxylic acids is 2. The monoisotopic (exact) mass is 585 g/mol. The Hall–Kier alpha value is -3.81. The summed E-state index contributed by atoms with van der Waals surface area (Å²) in [5.74, 6) is -1.97. The Balaban J connectivity index is 1.34. The molecule has 1 aliphatic rings. The van der Waals surface area contributed by atoms with Crippen molar-refractivity contribution in [2.45, 2.75) is 63.4 Å². The van der Waals surface area contributed by atoms with Gasteiger partial charge in [0.25, 0.3) is 0 Å². The molecule has 1 aliphatic heterocycles. The van der Waals surface area contributed by atoms with Gasteiger partial charge in [0.15, 0.2) is 11.2 Å². The number of carbonyl (C=O) groups is 3. The number of benzene rings is 3. The summed E-state index contributed by atoms with van der Waals surface area (Å²) in [6.07, 6.45) is 3.36. The number of hydrogen-bond acceptors (Lipinski definition) is 6. The number of carboxylic acid groups (broad SMARTS) is 1. The van der Waals surface area contributed by atoms with E-state index in [1.165, 1.54) is 0 Å². The Morgan fingerprint density at radius 2 is 1.40 bits per heavy atom. The van der Waals surface area contributed by atoms with Gasteiger partial charge in [-0.3, -0.25) is 14.4 Å². The van der Waals surface area contributed by atoms with E-state index >= 15 is 0 Å². The summed E-state index contributed by atoms with van der Waals surface area (Å²) in [7, 11) is 0. The van der Waals surface area contributed by atoms with Crippen molar-refractivity contribution in [1.29, 1.82) is 0 Å². The zero-order valence-corrected chi connectivity index (χ0v) is 25.2. The number of aliphatic carboxylic acids is 1. The lowest BCUT2D eigenvalue weighted by molar-refractivity contribution is -0.162. The van der Waals surface area contributed by atoms with E-state index < -0.39 is 23.0 Å². The summed E-state index contributed by atoms with van der Waals surface area (Å²) < 4.78 is 5.13. The Morgan fingerprint density at radius 3 is 1.88 bits per heavy atom. The van der Waals surface area contributed by atoms with Crippen LogP contribution in [-0.2, 0) is 25.3 Å². The molecule has 3 aromatic carbocycles. The van der Waals surface area contributed by atoms with Crippen LogP contribution >= 0.6 is 0 Å². The fraction of sp³-hybridized carbons (Fsp3) is 0.417. The Morgan fingerprint density at radius 1 is 0.837 bits per heavy atom. The lowest BCUT2D eigenvalue weighted by Crippen LogP contribution is -2.45. The van der Waals surface area contributed by atoms with Crippen molar-refractivity contribution in [1.82, 2.24) is 4.90 Å². The molecule has 0 radical (unpaired) electrons. The number of hydrogen-bond donors (Lipinski definition) is 2. The van der Waals surface area contributed by atoms with Crippen molar-refractivity contribution in [3.05, 3.63) is 107 Å². The SMILES string of the molecule is CCCC(C(=O)O)(C(=O)OCC)c1ccc(C(=O)CCCN2CCC(C(O)(c3ccccc3)c3ccccc3)CC2)cc1. The normalized spacial score (nSPS) is 15.9. The number of aliphatic hydroxyl groups is 1. The number of piperidine rings is 1. The lowest BCUT2D eigenvalue weighted by atomic mass is 9.72. The number of carboxylic acids is 1. The van der Waals surface area contributed by atoms with E-state index in [0.29, 0.717) is 30.4 Å². The lowest BCUT2D eigenvalue weighted by Gasteiger charge is -2.42. The van der Waals surface area contributed by atoms with Gasteiger partial charge in [-0.1, -0.05) is 98.3 Å². The molecule has 1 saturated heterocycles. The highest BCUT2D eigenvalue weighted by atomic mass is 16.5. The second-order valence-electron chi connectivity index (χ2n) is 11.4. The number of ketones is 1. The summed E-state index contributed by atoms with van der Waals surface area (Å²) in [6.45, 7) is 6.04. The number of nitrogens with zero attached hydrogens (tertiary/aromatic N) is 1. The van der Waals surface area contributed by atoms with Gasteiger partial charge in [-0.25, -0.2) is 0 Å². The molecule has 0 spiro atoms. The fourth-order valence-corrected chi connectivity index (χ4v) is 6.46. The fourth-order valence-electron chi connectivity index (χ4n) is 6.46. The zero-order valence-electron chi connectivity index (χ0n) is 25.2. The van der Waals surface area contributed by atoms with Crippen LogP contribution < -0.4 is 0 Å². The predicted octanol–water partition coefficient (Wildman–Crippen LogP) is 5.98. The molecular weight excluding hydrogens is 542 g/mol. The number of esters is 1. The third kappa shape index (κ3) is 6.89. The Kier molecular flexibility index (Phi) is 10.9. The Labute approximate surface area is 254 Å². The van der Waals surface area contributed by atoms with Gasteiger partial charge in [-0.15, -0.1) is 0 Å². The van der Waals surface area contributed by atoms with Crippen molar-refractivity contribution < 1.29 is 29.3 Å². The zero-order chi connectivity index (χ0) is 30.9. The van der Waals surface area contributed by atoms with Crippen molar-refractivity contribution in [2.24, 2.45) is 5.92 Å². The van der Waals surface area contributed by atoms with Crippen molar-refractivity contribution >= 4 is 17.7 Å². The molecule has 4 rings (SSSR count). The molecule has 0 aliphatic carbocycles. The van der Waals surface area contributed by atoms with Crippen LogP contribution in [-0.4, -0.2) is 59.1 Å². The van der Waals surface area contributed by atoms with E-state index in [1.807, 2.05) is 67.6 Å². The second-order valence-corrected chi connectivity index (χ2v) is 11.4. The first-order chi connectivity index (χ1) is 20.8. The van der Waals surface area contributed by atoms with E-state index in [2.05, 4.69) is 4.90 Å². The van der Waals surface area contributed by atoms with Gasteiger partial charge in [0.05, 0.1) is 6.61 Å². The third-order valence-corrected chi connectivity index (χ3v) is 8.80. The van der Waals surface area contributed by atoms with Crippen LogP contribution in [0.3, 0.4) is 0 Å². The molecule has 1 heterocycles. The molecule has 7 nitrogen and oxygen atoms in total. The smallest absolute Gasteiger partial charge is 0.328 e. The van der Waals surface area contributed by atoms with Crippen molar-refractivity contribution in [3.8, 4) is 0 Å².